The molecule has 1 aromatic carbocycles. The molecule has 0 aliphatic carbocycles. The van der Waals surface area contributed by atoms with Crippen LogP contribution in [0.5, 0.6) is 0 Å². The van der Waals surface area contributed by atoms with Gasteiger partial charge in [-0.05, 0) is 29.8 Å². The molecule has 1 heterocycles. The average molecular weight is 287 g/mol. The number of halogens is 2. The van der Waals surface area contributed by atoms with Gasteiger partial charge in [0.05, 0.1) is 6.61 Å². The Morgan fingerprint density at radius 2 is 2.25 bits per heavy atom. The van der Waals surface area contributed by atoms with E-state index in [4.69, 9.17) is 10.6 Å². The van der Waals surface area contributed by atoms with Gasteiger partial charge in [-0.1, -0.05) is 15.9 Å². The van der Waals surface area contributed by atoms with E-state index in [0.717, 1.165) is 17.7 Å². The van der Waals surface area contributed by atoms with Crippen LogP contribution in [0.25, 0.3) is 0 Å². The summed E-state index contributed by atoms with van der Waals surface area (Å²) in [6, 6.07) is 4.36. The molecule has 0 saturated carbocycles. The molecule has 3 nitrogen and oxygen atoms in total. The lowest BCUT2D eigenvalue weighted by Gasteiger charge is -2.17. The van der Waals surface area contributed by atoms with E-state index in [0.29, 0.717) is 11.1 Å². The standard InChI is InChI=1S/C11H12BrFN2O/c12-8-4-7(5-9(13)6-8)11(15-14)10-2-1-3-16-10/h2,4-6,11,15H,1,3,14H2. The third-order valence-electron chi connectivity index (χ3n) is 2.40. The number of rotatable bonds is 3. The predicted octanol–water partition coefficient (Wildman–Crippen LogP) is 2.40. The van der Waals surface area contributed by atoms with Gasteiger partial charge < -0.3 is 4.74 Å². The highest BCUT2D eigenvalue weighted by Crippen LogP contribution is 2.28. The summed E-state index contributed by atoms with van der Waals surface area (Å²) < 4.78 is 19.4. The third kappa shape index (κ3) is 2.42. The van der Waals surface area contributed by atoms with Crippen molar-refractivity contribution < 1.29 is 9.13 Å². The van der Waals surface area contributed by atoms with E-state index in [1.165, 1.54) is 12.1 Å². The molecule has 1 aliphatic heterocycles. The highest BCUT2D eigenvalue weighted by Gasteiger charge is 2.20. The van der Waals surface area contributed by atoms with Gasteiger partial charge in [0.15, 0.2) is 0 Å². The van der Waals surface area contributed by atoms with Gasteiger partial charge in [-0.2, -0.15) is 0 Å². The Kier molecular flexibility index (Phi) is 3.58. The fourth-order valence-electron chi connectivity index (χ4n) is 1.72. The number of nitrogens with two attached hydrogens (primary N) is 1. The summed E-state index contributed by atoms with van der Waals surface area (Å²) in [5, 5.41) is 0. The zero-order chi connectivity index (χ0) is 11.5. The molecule has 0 aromatic heterocycles. The second-order valence-electron chi connectivity index (χ2n) is 3.55. The van der Waals surface area contributed by atoms with Crippen LogP contribution in [0.15, 0.2) is 34.5 Å². The van der Waals surface area contributed by atoms with Crippen molar-refractivity contribution in [1.82, 2.24) is 5.43 Å². The average Bonchev–Trinajstić information content (AvgIpc) is 2.70. The van der Waals surface area contributed by atoms with Crippen molar-refractivity contribution in [1.29, 1.82) is 0 Å². The zero-order valence-corrected chi connectivity index (χ0v) is 10.1. The summed E-state index contributed by atoms with van der Waals surface area (Å²) in [6.07, 6.45) is 2.83. The lowest BCUT2D eigenvalue weighted by molar-refractivity contribution is 0.215. The molecule has 16 heavy (non-hydrogen) atoms. The van der Waals surface area contributed by atoms with Crippen molar-refractivity contribution in [2.45, 2.75) is 12.5 Å². The fraction of sp³-hybridized carbons (Fsp3) is 0.273. The molecule has 1 atom stereocenters. The molecule has 1 aromatic rings. The number of hydrazine groups is 1. The van der Waals surface area contributed by atoms with Crippen molar-refractivity contribution in [3.8, 4) is 0 Å². The maximum Gasteiger partial charge on any atom is 0.124 e. The van der Waals surface area contributed by atoms with Crippen LogP contribution < -0.4 is 11.3 Å². The van der Waals surface area contributed by atoms with Crippen LogP contribution in [0.4, 0.5) is 4.39 Å². The van der Waals surface area contributed by atoms with E-state index in [1.54, 1.807) is 0 Å². The first kappa shape index (κ1) is 11.6. The molecule has 0 spiro atoms. The first-order valence-corrected chi connectivity index (χ1v) is 5.75. The van der Waals surface area contributed by atoms with Crippen LogP contribution in [0.3, 0.4) is 0 Å². The van der Waals surface area contributed by atoms with Crippen molar-refractivity contribution in [2.75, 3.05) is 6.61 Å². The molecule has 0 amide bonds. The molecule has 1 unspecified atom stereocenters. The van der Waals surface area contributed by atoms with Gasteiger partial charge >= 0.3 is 0 Å². The van der Waals surface area contributed by atoms with Crippen LogP contribution in [-0.4, -0.2) is 6.61 Å². The number of benzene rings is 1. The summed E-state index contributed by atoms with van der Waals surface area (Å²) in [5.74, 6) is 5.92. The number of hydrogen-bond donors (Lipinski definition) is 2. The number of hydrogen-bond acceptors (Lipinski definition) is 3. The molecule has 2 rings (SSSR count). The van der Waals surface area contributed by atoms with Crippen molar-refractivity contribution in [3.63, 3.8) is 0 Å². The summed E-state index contributed by atoms with van der Waals surface area (Å²) in [6.45, 7) is 0.657. The van der Waals surface area contributed by atoms with E-state index in [2.05, 4.69) is 21.4 Å². The minimum Gasteiger partial charge on any atom is -0.496 e. The van der Waals surface area contributed by atoms with Gasteiger partial charge in [0.2, 0.25) is 0 Å². The van der Waals surface area contributed by atoms with Gasteiger partial charge in [-0.3, -0.25) is 5.84 Å². The second-order valence-corrected chi connectivity index (χ2v) is 4.46. The topological polar surface area (TPSA) is 47.3 Å². The van der Waals surface area contributed by atoms with Crippen molar-refractivity contribution in [3.05, 3.63) is 45.9 Å². The smallest absolute Gasteiger partial charge is 0.124 e. The normalized spacial score (nSPS) is 16.8. The molecule has 86 valence electrons. The molecule has 3 N–H and O–H groups in total. The summed E-state index contributed by atoms with van der Waals surface area (Å²) in [7, 11) is 0. The lowest BCUT2D eigenvalue weighted by Crippen LogP contribution is -2.29. The lowest BCUT2D eigenvalue weighted by atomic mass is 10.1. The second kappa shape index (κ2) is 4.95. The Bertz CT molecular complexity index is 402. The van der Waals surface area contributed by atoms with Gasteiger partial charge in [-0.25, -0.2) is 9.82 Å². The van der Waals surface area contributed by atoms with E-state index in [-0.39, 0.29) is 11.9 Å². The quantitative estimate of drug-likeness (QED) is 0.663. The third-order valence-corrected chi connectivity index (χ3v) is 2.86. The Hall–Kier alpha value is -0.910. The van der Waals surface area contributed by atoms with Gasteiger partial charge in [-0.15, -0.1) is 0 Å². The number of ether oxygens (including phenoxy) is 1. The fourth-order valence-corrected chi connectivity index (χ4v) is 2.21. The maximum atomic E-state index is 13.3. The SMILES string of the molecule is NNC(C1=CCCO1)c1cc(F)cc(Br)c1. The highest BCUT2D eigenvalue weighted by atomic mass is 79.9. The van der Waals surface area contributed by atoms with Crippen LogP contribution in [0, 0.1) is 5.82 Å². The van der Waals surface area contributed by atoms with Gasteiger partial charge in [0.25, 0.3) is 0 Å². The van der Waals surface area contributed by atoms with E-state index in [9.17, 15) is 4.39 Å². The van der Waals surface area contributed by atoms with Crippen LogP contribution in [-0.2, 0) is 4.74 Å². The number of nitrogens with one attached hydrogen (secondary N) is 1. The Morgan fingerprint density at radius 3 is 2.81 bits per heavy atom. The molecule has 0 fully saturated rings. The Morgan fingerprint density at radius 1 is 1.44 bits per heavy atom. The summed E-state index contributed by atoms with van der Waals surface area (Å²) in [5.41, 5.74) is 3.37. The molecule has 0 bridgehead atoms. The molecule has 0 saturated heterocycles. The van der Waals surface area contributed by atoms with Gasteiger partial charge in [0, 0.05) is 10.9 Å². The van der Waals surface area contributed by atoms with Crippen molar-refractivity contribution in [2.24, 2.45) is 5.84 Å². The zero-order valence-electron chi connectivity index (χ0n) is 8.54. The minimum atomic E-state index is -0.303. The molecular formula is C11H12BrFN2O. The van der Waals surface area contributed by atoms with E-state index >= 15 is 0 Å². The summed E-state index contributed by atoms with van der Waals surface area (Å²) in [4.78, 5) is 0. The predicted molar refractivity (Wildman–Crippen MR) is 62.8 cm³/mol. The Balaban J connectivity index is 2.32. The van der Waals surface area contributed by atoms with Crippen LogP contribution >= 0.6 is 15.9 Å². The van der Waals surface area contributed by atoms with Crippen LogP contribution in [0.2, 0.25) is 0 Å². The van der Waals surface area contributed by atoms with Crippen molar-refractivity contribution >= 4 is 15.9 Å². The first-order valence-electron chi connectivity index (χ1n) is 4.95. The first-order chi connectivity index (χ1) is 7.70. The van der Waals surface area contributed by atoms with Crippen LogP contribution in [0.1, 0.15) is 18.0 Å². The largest absolute Gasteiger partial charge is 0.496 e. The maximum absolute atomic E-state index is 13.3. The van der Waals surface area contributed by atoms with E-state index < -0.39 is 0 Å². The molecule has 0 radical (unpaired) electrons. The minimum absolute atomic E-state index is 0.297. The summed E-state index contributed by atoms with van der Waals surface area (Å²) >= 11 is 3.25. The Labute approximate surface area is 102 Å². The molecule has 5 heteroatoms. The molecule has 1 aliphatic rings. The van der Waals surface area contributed by atoms with E-state index in [1.807, 2.05) is 12.1 Å². The molecular weight excluding hydrogens is 275 g/mol. The highest BCUT2D eigenvalue weighted by molar-refractivity contribution is 9.10. The van der Waals surface area contributed by atoms with Gasteiger partial charge in [0.1, 0.15) is 17.6 Å². The monoisotopic (exact) mass is 286 g/mol.